The average Bonchev–Trinajstić information content (AvgIpc) is 2.55. The number of rotatable bonds is 4. The molecule has 0 spiro atoms. The minimum Gasteiger partial charge on any atom is -0.324 e. The molecule has 4 nitrogen and oxygen atoms in total. The Morgan fingerprint density at radius 3 is 2.75 bits per heavy atom. The van der Waals surface area contributed by atoms with Crippen LogP contribution in [0.5, 0.6) is 0 Å². The van der Waals surface area contributed by atoms with Crippen molar-refractivity contribution in [2.45, 2.75) is 38.3 Å². The van der Waals surface area contributed by atoms with Crippen LogP contribution >= 0.6 is 0 Å². The van der Waals surface area contributed by atoms with Crippen LogP contribution in [-0.4, -0.2) is 43.0 Å². The lowest BCUT2D eigenvalue weighted by Gasteiger charge is -2.34. The summed E-state index contributed by atoms with van der Waals surface area (Å²) in [5.74, 6) is 0.0736. The van der Waals surface area contributed by atoms with Crippen molar-refractivity contribution in [3.8, 4) is 0 Å². The number of nitrogens with zero attached hydrogens (tertiary/aromatic N) is 1. The average molecular weight is 275 g/mol. The lowest BCUT2D eigenvalue weighted by Crippen LogP contribution is -2.51. The van der Waals surface area contributed by atoms with E-state index >= 15 is 0 Å². The molecule has 1 aromatic carbocycles. The summed E-state index contributed by atoms with van der Waals surface area (Å²) in [6.45, 7) is 5.13. The molecule has 2 rings (SSSR count). The second-order valence-electron chi connectivity index (χ2n) is 6.33. The molecule has 1 aliphatic rings. The minimum absolute atomic E-state index is 0.0272. The van der Waals surface area contributed by atoms with Crippen LogP contribution in [0.3, 0.4) is 0 Å². The van der Waals surface area contributed by atoms with Crippen LogP contribution in [0.2, 0.25) is 0 Å². The van der Waals surface area contributed by atoms with Gasteiger partial charge >= 0.3 is 0 Å². The minimum atomic E-state index is -0.123. The van der Waals surface area contributed by atoms with Gasteiger partial charge in [-0.2, -0.15) is 0 Å². The van der Waals surface area contributed by atoms with E-state index in [0.29, 0.717) is 0 Å². The second kappa shape index (κ2) is 5.94. The molecule has 20 heavy (non-hydrogen) atoms. The number of nitrogens with one attached hydrogen (secondary N) is 2. The predicted octanol–water partition coefficient (Wildman–Crippen LogP) is 1.87. The third-order valence-corrected chi connectivity index (χ3v) is 4.29. The van der Waals surface area contributed by atoms with Gasteiger partial charge in [-0.25, -0.2) is 0 Å². The fourth-order valence-electron chi connectivity index (χ4n) is 2.24. The Morgan fingerprint density at radius 1 is 1.35 bits per heavy atom. The van der Waals surface area contributed by atoms with Crippen LogP contribution < -0.4 is 10.6 Å². The van der Waals surface area contributed by atoms with Gasteiger partial charge in [0.05, 0.1) is 6.04 Å². The molecule has 0 aromatic heterocycles. The van der Waals surface area contributed by atoms with Crippen LogP contribution in [0.4, 0.5) is 5.69 Å². The SMILES string of the molecule is CN(C)C(C)(C)CNC1CCc2ccccc2NC1=O. The number of benzene rings is 1. The molecule has 2 N–H and O–H groups in total. The monoisotopic (exact) mass is 275 g/mol. The lowest BCUT2D eigenvalue weighted by molar-refractivity contribution is -0.118. The van der Waals surface area contributed by atoms with Gasteiger partial charge in [0.25, 0.3) is 0 Å². The van der Waals surface area contributed by atoms with Gasteiger partial charge in [0.1, 0.15) is 0 Å². The molecule has 0 saturated heterocycles. The molecule has 1 aromatic rings. The van der Waals surface area contributed by atoms with Crippen molar-refractivity contribution >= 4 is 11.6 Å². The van der Waals surface area contributed by atoms with Crippen LogP contribution in [0.25, 0.3) is 0 Å². The van der Waals surface area contributed by atoms with Crippen molar-refractivity contribution in [3.63, 3.8) is 0 Å². The first kappa shape index (κ1) is 15.0. The van der Waals surface area contributed by atoms with E-state index in [4.69, 9.17) is 0 Å². The predicted molar refractivity (Wildman–Crippen MR) is 82.9 cm³/mol. The standard InChI is InChI=1S/C16H25N3O/c1-16(2,19(3)4)11-17-14-10-9-12-7-5-6-8-13(12)18-15(14)20/h5-8,14,17H,9-11H2,1-4H3,(H,18,20). The number of likely N-dealkylation sites (N-methyl/N-ethyl adjacent to an activating group) is 1. The summed E-state index contributed by atoms with van der Waals surface area (Å²) >= 11 is 0. The molecule has 0 bridgehead atoms. The first-order valence-corrected chi connectivity index (χ1v) is 7.20. The Morgan fingerprint density at radius 2 is 2.05 bits per heavy atom. The third kappa shape index (κ3) is 3.38. The fourth-order valence-corrected chi connectivity index (χ4v) is 2.24. The summed E-state index contributed by atoms with van der Waals surface area (Å²) in [5.41, 5.74) is 2.20. The Labute approximate surface area is 121 Å². The van der Waals surface area contributed by atoms with E-state index in [0.717, 1.165) is 25.1 Å². The van der Waals surface area contributed by atoms with Gasteiger partial charge in [0.2, 0.25) is 5.91 Å². The maximum absolute atomic E-state index is 12.3. The van der Waals surface area contributed by atoms with Crippen molar-refractivity contribution in [2.24, 2.45) is 0 Å². The van der Waals surface area contributed by atoms with Crippen LogP contribution in [0.1, 0.15) is 25.8 Å². The van der Waals surface area contributed by atoms with Gasteiger partial charge in [-0.15, -0.1) is 0 Å². The van der Waals surface area contributed by atoms with E-state index in [-0.39, 0.29) is 17.5 Å². The summed E-state index contributed by atoms with van der Waals surface area (Å²) in [5, 5.41) is 6.44. The molecular formula is C16H25N3O. The van der Waals surface area contributed by atoms with Crippen molar-refractivity contribution in [1.29, 1.82) is 0 Å². The van der Waals surface area contributed by atoms with Crippen molar-refractivity contribution < 1.29 is 4.79 Å². The Hall–Kier alpha value is -1.39. The number of carbonyl (C=O) groups is 1. The summed E-state index contributed by atoms with van der Waals surface area (Å²) in [6.07, 6.45) is 1.77. The first-order chi connectivity index (χ1) is 9.40. The quantitative estimate of drug-likeness (QED) is 0.881. The zero-order chi connectivity index (χ0) is 14.8. The van der Waals surface area contributed by atoms with E-state index in [1.54, 1.807) is 0 Å². The molecule has 0 aliphatic carbocycles. The Kier molecular flexibility index (Phi) is 4.45. The van der Waals surface area contributed by atoms with Crippen molar-refractivity contribution in [2.75, 3.05) is 26.0 Å². The number of hydrogen-bond donors (Lipinski definition) is 2. The van der Waals surface area contributed by atoms with Gasteiger partial charge in [-0.3, -0.25) is 4.79 Å². The van der Waals surface area contributed by atoms with Gasteiger partial charge in [0, 0.05) is 17.8 Å². The summed E-state index contributed by atoms with van der Waals surface area (Å²) in [6, 6.07) is 7.92. The number of amides is 1. The second-order valence-corrected chi connectivity index (χ2v) is 6.33. The summed E-state index contributed by atoms with van der Waals surface area (Å²) in [7, 11) is 4.12. The number of hydrogen-bond acceptors (Lipinski definition) is 3. The molecule has 4 heteroatoms. The fraction of sp³-hybridized carbons (Fsp3) is 0.562. The molecule has 0 fully saturated rings. The lowest BCUT2D eigenvalue weighted by atomic mass is 10.0. The van der Waals surface area contributed by atoms with Crippen LogP contribution in [-0.2, 0) is 11.2 Å². The van der Waals surface area contributed by atoms with Crippen molar-refractivity contribution in [3.05, 3.63) is 29.8 Å². The highest BCUT2D eigenvalue weighted by Crippen LogP contribution is 2.21. The van der Waals surface area contributed by atoms with E-state index in [1.165, 1.54) is 5.56 Å². The van der Waals surface area contributed by atoms with E-state index in [9.17, 15) is 4.79 Å². The van der Waals surface area contributed by atoms with Crippen LogP contribution in [0, 0.1) is 0 Å². The Balaban J connectivity index is 2.00. The number of anilines is 1. The highest BCUT2D eigenvalue weighted by Gasteiger charge is 2.26. The molecular weight excluding hydrogens is 250 g/mol. The third-order valence-electron chi connectivity index (χ3n) is 4.29. The van der Waals surface area contributed by atoms with Gasteiger partial charge < -0.3 is 15.5 Å². The number of fused-ring (bicyclic) bond motifs is 1. The molecule has 110 valence electrons. The maximum atomic E-state index is 12.3. The zero-order valence-electron chi connectivity index (χ0n) is 12.9. The first-order valence-electron chi connectivity index (χ1n) is 7.20. The maximum Gasteiger partial charge on any atom is 0.241 e. The van der Waals surface area contributed by atoms with E-state index in [2.05, 4.69) is 49.5 Å². The molecule has 1 atom stereocenters. The highest BCUT2D eigenvalue weighted by molar-refractivity contribution is 5.96. The topological polar surface area (TPSA) is 44.4 Å². The van der Waals surface area contributed by atoms with E-state index < -0.39 is 0 Å². The number of aryl methyl sites for hydroxylation is 1. The molecule has 1 unspecified atom stereocenters. The number of carbonyl (C=O) groups excluding carboxylic acids is 1. The number of para-hydroxylation sites is 1. The molecule has 1 heterocycles. The zero-order valence-corrected chi connectivity index (χ0v) is 12.9. The molecule has 0 radical (unpaired) electrons. The molecule has 1 aliphatic heterocycles. The van der Waals surface area contributed by atoms with Gasteiger partial charge in [-0.1, -0.05) is 18.2 Å². The van der Waals surface area contributed by atoms with Crippen molar-refractivity contribution in [1.82, 2.24) is 10.2 Å². The van der Waals surface area contributed by atoms with Gasteiger partial charge in [-0.05, 0) is 52.4 Å². The normalized spacial score (nSPS) is 19.4. The van der Waals surface area contributed by atoms with Crippen LogP contribution in [0.15, 0.2) is 24.3 Å². The summed E-state index contributed by atoms with van der Waals surface area (Å²) in [4.78, 5) is 14.4. The van der Waals surface area contributed by atoms with E-state index in [1.807, 2.05) is 18.2 Å². The largest absolute Gasteiger partial charge is 0.324 e. The summed E-state index contributed by atoms with van der Waals surface area (Å²) < 4.78 is 0. The molecule has 0 saturated carbocycles. The highest BCUT2D eigenvalue weighted by atomic mass is 16.2. The smallest absolute Gasteiger partial charge is 0.241 e. The molecule has 1 amide bonds. The van der Waals surface area contributed by atoms with Gasteiger partial charge in [0.15, 0.2) is 0 Å². The Bertz CT molecular complexity index is 482.